The van der Waals surface area contributed by atoms with Gasteiger partial charge in [-0.3, -0.25) is 9.79 Å². The monoisotopic (exact) mass is 730 g/mol. The SMILES string of the molecule is O=C(O)[C@H]1CC[C@H](c2ccc(S(=O)(=O)N[C@H]3CC4=C(c5ccn(C(F)F)n5)[C@H](c5ccc(F)cc5Cl)N=C(c5nccs5)N4C3)cc2)CC1. The average Bonchev–Trinajstić information content (AvgIpc) is 3.86. The number of nitrogens with one attached hydrogen (secondary N) is 1. The van der Waals surface area contributed by atoms with E-state index in [2.05, 4.69) is 14.8 Å². The molecular formula is C33H30ClF3N6O4S2. The third kappa shape index (κ3) is 6.64. The van der Waals surface area contributed by atoms with Gasteiger partial charge < -0.3 is 10.0 Å². The number of thiazole rings is 1. The van der Waals surface area contributed by atoms with Crippen molar-refractivity contribution in [1.82, 2.24) is 24.4 Å². The van der Waals surface area contributed by atoms with Gasteiger partial charge in [-0.15, -0.1) is 11.3 Å². The molecule has 0 spiro atoms. The van der Waals surface area contributed by atoms with Crippen LogP contribution in [0.15, 0.2) is 81.9 Å². The Hall–Kier alpha value is -4.05. The van der Waals surface area contributed by atoms with E-state index in [1.54, 1.807) is 35.8 Å². The maximum Gasteiger partial charge on any atom is 0.333 e. The molecule has 2 aliphatic heterocycles. The second kappa shape index (κ2) is 13.3. The quantitative estimate of drug-likeness (QED) is 0.193. The van der Waals surface area contributed by atoms with Gasteiger partial charge >= 0.3 is 12.5 Å². The first-order chi connectivity index (χ1) is 23.5. The van der Waals surface area contributed by atoms with Crippen molar-refractivity contribution in [2.24, 2.45) is 10.9 Å². The molecule has 2 atom stereocenters. The number of alkyl halides is 2. The predicted molar refractivity (Wildman–Crippen MR) is 177 cm³/mol. The summed E-state index contributed by atoms with van der Waals surface area (Å²) < 4.78 is 72.2. The number of sulfonamides is 1. The third-order valence-electron chi connectivity index (χ3n) is 9.28. The third-order valence-corrected chi connectivity index (χ3v) is 11.9. The Balaban J connectivity index is 1.21. The fourth-order valence-electron chi connectivity index (χ4n) is 6.91. The Morgan fingerprint density at radius 2 is 1.84 bits per heavy atom. The number of hydrogen-bond acceptors (Lipinski definition) is 8. The highest BCUT2D eigenvalue weighted by molar-refractivity contribution is 7.89. The first-order valence-electron chi connectivity index (χ1n) is 15.6. The van der Waals surface area contributed by atoms with E-state index in [1.165, 1.54) is 29.5 Å². The van der Waals surface area contributed by atoms with Crippen LogP contribution >= 0.6 is 22.9 Å². The van der Waals surface area contributed by atoms with Crippen molar-refractivity contribution in [3.8, 4) is 0 Å². The Kier molecular flexibility index (Phi) is 9.11. The topological polar surface area (TPSA) is 130 Å². The van der Waals surface area contributed by atoms with Gasteiger partial charge in [0.25, 0.3) is 0 Å². The van der Waals surface area contributed by atoms with Crippen molar-refractivity contribution in [2.45, 2.75) is 61.6 Å². The number of amidine groups is 1. The van der Waals surface area contributed by atoms with Gasteiger partial charge in [-0.1, -0.05) is 29.8 Å². The Morgan fingerprint density at radius 3 is 2.47 bits per heavy atom. The molecule has 2 aromatic carbocycles. The molecule has 10 nitrogen and oxygen atoms in total. The molecule has 4 heterocycles. The molecule has 1 aliphatic carbocycles. The van der Waals surface area contributed by atoms with E-state index >= 15 is 0 Å². The first kappa shape index (κ1) is 33.4. The maximum atomic E-state index is 14.1. The molecule has 2 fully saturated rings. The largest absolute Gasteiger partial charge is 0.481 e. The lowest BCUT2D eigenvalue weighted by Crippen LogP contribution is -2.39. The molecule has 7 rings (SSSR count). The summed E-state index contributed by atoms with van der Waals surface area (Å²) in [4.78, 5) is 22.7. The number of carbonyl (C=O) groups is 1. The summed E-state index contributed by atoms with van der Waals surface area (Å²) in [6, 6.07) is 10.5. The molecule has 2 N–H and O–H groups in total. The second-order valence-corrected chi connectivity index (χ2v) is 15.3. The zero-order valence-electron chi connectivity index (χ0n) is 25.7. The number of aromatic nitrogens is 3. The molecule has 0 radical (unpaired) electrons. The van der Waals surface area contributed by atoms with E-state index in [-0.39, 0.29) is 40.4 Å². The first-order valence-corrected chi connectivity index (χ1v) is 18.3. The molecule has 1 saturated carbocycles. The van der Waals surface area contributed by atoms with E-state index < -0.39 is 40.4 Å². The number of carboxylic acid groups (broad SMARTS) is 1. The summed E-state index contributed by atoms with van der Waals surface area (Å²) in [7, 11) is -4.00. The zero-order chi connectivity index (χ0) is 34.4. The van der Waals surface area contributed by atoms with Crippen LogP contribution in [-0.4, -0.2) is 57.6 Å². The van der Waals surface area contributed by atoms with E-state index in [1.807, 2.05) is 4.90 Å². The summed E-state index contributed by atoms with van der Waals surface area (Å²) >= 11 is 7.86. The lowest BCUT2D eigenvalue weighted by atomic mass is 9.79. The molecule has 0 unspecified atom stereocenters. The number of hydrogen-bond donors (Lipinski definition) is 2. The molecular weight excluding hydrogens is 701 g/mol. The van der Waals surface area contributed by atoms with Crippen LogP contribution in [0.5, 0.6) is 0 Å². The van der Waals surface area contributed by atoms with Gasteiger partial charge in [-0.25, -0.2) is 27.2 Å². The average molecular weight is 731 g/mol. The van der Waals surface area contributed by atoms with Crippen molar-refractivity contribution >= 4 is 50.3 Å². The molecule has 1 saturated heterocycles. The van der Waals surface area contributed by atoms with E-state index in [0.717, 1.165) is 30.7 Å². The van der Waals surface area contributed by atoms with Gasteiger partial charge in [0.05, 0.1) is 16.5 Å². The van der Waals surface area contributed by atoms with Gasteiger partial charge in [0, 0.05) is 58.6 Å². The Bertz CT molecular complexity index is 2050. The summed E-state index contributed by atoms with van der Waals surface area (Å²) in [6.07, 6.45) is 5.54. The van der Waals surface area contributed by atoms with Crippen LogP contribution in [0.25, 0.3) is 5.57 Å². The van der Waals surface area contributed by atoms with Crippen LogP contribution in [0.4, 0.5) is 13.2 Å². The molecule has 3 aliphatic rings. The van der Waals surface area contributed by atoms with Crippen molar-refractivity contribution in [1.29, 1.82) is 0 Å². The number of aliphatic carboxylic acids is 1. The number of nitrogens with zero attached hydrogens (tertiary/aromatic N) is 5. The van der Waals surface area contributed by atoms with Crippen LogP contribution < -0.4 is 4.72 Å². The number of carboxylic acids is 1. The molecule has 2 aromatic heterocycles. The molecule has 0 amide bonds. The number of aliphatic imine (C=N–C) groups is 1. The van der Waals surface area contributed by atoms with Gasteiger partial charge in [0.1, 0.15) is 11.9 Å². The van der Waals surface area contributed by atoms with Crippen molar-refractivity contribution in [2.75, 3.05) is 6.54 Å². The van der Waals surface area contributed by atoms with Gasteiger partial charge in [-0.05, 0) is 67.5 Å². The number of rotatable bonds is 9. The Morgan fingerprint density at radius 1 is 1.08 bits per heavy atom. The highest BCUT2D eigenvalue weighted by atomic mass is 35.5. The van der Waals surface area contributed by atoms with Crippen LogP contribution in [0, 0.1) is 11.7 Å². The van der Waals surface area contributed by atoms with E-state index in [0.29, 0.717) is 45.2 Å². The summed E-state index contributed by atoms with van der Waals surface area (Å²) in [5, 5.41) is 15.8. The number of fused-ring (bicyclic) bond motifs is 1. The van der Waals surface area contributed by atoms with E-state index in [9.17, 15) is 31.5 Å². The minimum atomic E-state index is -4.00. The highest BCUT2D eigenvalue weighted by Crippen LogP contribution is 2.46. The summed E-state index contributed by atoms with van der Waals surface area (Å²) in [5.41, 5.74) is 2.63. The number of halogens is 4. The number of benzene rings is 2. The normalized spacial score (nSPS) is 22.8. The van der Waals surface area contributed by atoms with Crippen LogP contribution in [0.1, 0.15) is 72.4 Å². The lowest BCUT2D eigenvalue weighted by Gasteiger charge is -2.32. The predicted octanol–water partition coefficient (Wildman–Crippen LogP) is 6.85. The smallest absolute Gasteiger partial charge is 0.333 e. The fourth-order valence-corrected chi connectivity index (χ4v) is 9.05. The molecule has 4 aromatic rings. The van der Waals surface area contributed by atoms with Crippen molar-refractivity contribution in [3.05, 3.63) is 105 Å². The van der Waals surface area contributed by atoms with E-state index in [4.69, 9.17) is 16.6 Å². The molecule has 16 heteroatoms. The minimum absolute atomic E-state index is 0.0787. The second-order valence-electron chi connectivity index (χ2n) is 12.3. The zero-order valence-corrected chi connectivity index (χ0v) is 28.1. The van der Waals surface area contributed by atoms with Crippen molar-refractivity contribution in [3.63, 3.8) is 0 Å². The fraction of sp³-hybridized carbons (Fsp3) is 0.333. The lowest BCUT2D eigenvalue weighted by molar-refractivity contribution is -0.142. The maximum absolute atomic E-state index is 14.1. The Labute approximate surface area is 289 Å². The minimum Gasteiger partial charge on any atom is -0.481 e. The summed E-state index contributed by atoms with van der Waals surface area (Å²) in [5.74, 6) is -1.07. The van der Waals surface area contributed by atoms with Crippen LogP contribution in [0.2, 0.25) is 5.02 Å². The standard InChI is InChI=1S/C33H30ClF3N6O4S2/c34-25-15-21(35)7-10-24(25)29-28(26-11-13-43(40-26)33(36)37)27-16-22(17-42(27)30(39-29)31-38-12-14-48-31)41-49(46,47)23-8-5-19(6-9-23)18-1-3-20(4-2-18)32(44)45/h5-15,18,20,22,29,33,41H,1-4,16-17H2,(H,44,45)/t18-,20-,22-,29-/m0/s1. The molecule has 0 bridgehead atoms. The summed E-state index contributed by atoms with van der Waals surface area (Å²) in [6.45, 7) is -2.73. The molecule has 49 heavy (non-hydrogen) atoms. The highest BCUT2D eigenvalue weighted by Gasteiger charge is 2.42. The van der Waals surface area contributed by atoms with Gasteiger partial charge in [-0.2, -0.15) is 13.9 Å². The van der Waals surface area contributed by atoms with Gasteiger partial charge in [0.2, 0.25) is 10.0 Å². The molecule has 256 valence electrons. The van der Waals surface area contributed by atoms with Crippen molar-refractivity contribution < 1.29 is 31.5 Å². The van der Waals surface area contributed by atoms with Crippen LogP contribution in [0.3, 0.4) is 0 Å². The van der Waals surface area contributed by atoms with Gasteiger partial charge in [0.15, 0.2) is 10.8 Å². The van der Waals surface area contributed by atoms with Crippen LogP contribution in [-0.2, 0) is 14.8 Å².